The Morgan fingerprint density at radius 2 is 2.21 bits per heavy atom. The van der Waals surface area contributed by atoms with E-state index in [0.29, 0.717) is 18.4 Å². The van der Waals surface area contributed by atoms with E-state index < -0.39 is 20.9 Å². The Morgan fingerprint density at radius 1 is 1.37 bits per heavy atom. The molecule has 3 rings (SSSR count). The van der Waals surface area contributed by atoms with Gasteiger partial charge in [-0.25, -0.2) is 22.5 Å². The van der Waals surface area contributed by atoms with E-state index in [2.05, 4.69) is 9.71 Å². The Labute approximate surface area is 112 Å². The molecular weight excluding hydrogens is 267 g/mol. The van der Waals surface area contributed by atoms with Gasteiger partial charge in [0.1, 0.15) is 0 Å². The maximum atomic E-state index is 13.5. The van der Waals surface area contributed by atoms with Crippen LogP contribution in [0.3, 0.4) is 0 Å². The largest absolute Gasteiger partial charge is 0.261 e. The highest BCUT2D eigenvalue weighted by Gasteiger charge is 2.39. The fraction of sp³-hybridized carbons (Fsp3) is 0.615. The van der Waals surface area contributed by atoms with Crippen molar-refractivity contribution < 1.29 is 12.8 Å². The van der Waals surface area contributed by atoms with Gasteiger partial charge in [0.2, 0.25) is 5.03 Å². The molecule has 1 aromatic heterocycles. The number of rotatable bonds is 4. The fourth-order valence-electron chi connectivity index (χ4n) is 3.48. The molecule has 2 bridgehead atoms. The lowest BCUT2D eigenvalue weighted by molar-refractivity contribution is 0.332. The van der Waals surface area contributed by atoms with Crippen LogP contribution in [0.4, 0.5) is 4.39 Å². The van der Waals surface area contributed by atoms with E-state index in [1.807, 2.05) is 0 Å². The standard InChI is InChI=1S/C13H17FN2O2S/c14-12-2-1-5-15-13(12)19(17,18)16-8-11-7-9-3-4-10(11)6-9/h1-2,5,9-11,16H,3-4,6-8H2. The van der Waals surface area contributed by atoms with Gasteiger partial charge in [-0.05, 0) is 49.1 Å². The molecule has 2 aliphatic rings. The molecule has 0 aromatic carbocycles. The van der Waals surface area contributed by atoms with E-state index in [1.165, 1.54) is 31.5 Å². The molecule has 19 heavy (non-hydrogen) atoms. The van der Waals surface area contributed by atoms with Gasteiger partial charge in [0, 0.05) is 12.7 Å². The molecule has 1 heterocycles. The first-order chi connectivity index (χ1) is 9.06. The van der Waals surface area contributed by atoms with Crippen molar-refractivity contribution in [3.8, 4) is 0 Å². The van der Waals surface area contributed by atoms with Crippen molar-refractivity contribution in [2.24, 2.45) is 17.8 Å². The van der Waals surface area contributed by atoms with Gasteiger partial charge in [-0.2, -0.15) is 0 Å². The molecule has 3 unspecified atom stereocenters. The van der Waals surface area contributed by atoms with Gasteiger partial charge < -0.3 is 0 Å². The minimum Gasteiger partial charge on any atom is -0.241 e. The van der Waals surface area contributed by atoms with Crippen molar-refractivity contribution in [2.75, 3.05) is 6.54 Å². The Balaban J connectivity index is 1.68. The molecule has 0 aliphatic heterocycles. The highest BCUT2D eigenvalue weighted by atomic mass is 32.2. The van der Waals surface area contributed by atoms with Crippen LogP contribution in [0, 0.1) is 23.6 Å². The minimum absolute atomic E-state index is 0.402. The van der Waals surface area contributed by atoms with E-state index in [1.54, 1.807) is 0 Å². The summed E-state index contributed by atoms with van der Waals surface area (Å²) >= 11 is 0. The monoisotopic (exact) mass is 284 g/mol. The minimum atomic E-state index is -3.83. The average Bonchev–Trinajstić information content (AvgIpc) is 2.99. The van der Waals surface area contributed by atoms with Crippen molar-refractivity contribution in [2.45, 2.75) is 30.7 Å². The van der Waals surface area contributed by atoms with Crippen LogP contribution in [0.2, 0.25) is 0 Å². The summed E-state index contributed by atoms with van der Waals surface area (Å²) < 4.78 is 40.0. The highest BCUT2D eigenvalue weighted by Crippen LogP contribution is 2.48. The summed E-state index contributed by atoms with van der Waals surface area (Å²) in [6, 6.07) is 2.49. The molecule has 2 fully saturated rings. The van der Waals surface area contributed by atoms with Gasteiger partial charge >= 0.3 is 0 Å². The van der Waals surface area contributed by atoms with Crippen molar-refractivity contribution in [1.29, 1.82) is 0 Å². The molecule has 104 valence electrons. The van der Waals surface area contributed by atoms with E-state index in [4.69, 9.17) is 0 Å². The van der Waals surface area contributed by atoms with Gasteiger partial charge in [0.05, 0.1) is 0 Å². The van der Waals surface area contributed by atoms with Crippen molar-refractivity contribution in [1.82, 2.24) is 9.71 Å². The molecule has 2 aliphatic carbocycles. The lowest BCUT2D eigenvalue weighted by Crippen LogP contribution is -2.32. The van der Waals surface area contributed by atoms with Crippen LogP contribution in [0.5, 0.6) is 0 Å². The Hall–Kier alpha value is -1.01. The van der Waals surface area contributed by atoms with Gasteiger partial charge in [0.15, 0.2) is 5.82 Å². The maximum Gasteiger partial charge on any atom is 0.261 e. The fourth-order valence-corrected chi connectivity index (χ4v) is 4.58. The number of pyridine rings is 1. The number of hydrogen-bond acceptors (Lipinski definition) is 3. The highest BCUT2D eigenvalue weighted by molar-refractivity contribution is 7.89. The second-order valence-electron chi connectivity index (χ2n) is 5.58. The van der Waals surface area contributed by atoms with Gasteiger partial charge in [-0.3, -0.25) is 0 Å². The van der Waals surface area contributed by atoms with E-state index in [-0.39, 0.29) is 0 Å². The summed E-state index contributed by atoms with van der Waals surface area (Å²) in [5, 5.41) is -0.502. The van der Waals surface area contributed by atoms with Gasteiger partial charge in [0.25, 0.3) is 10.0 Å². The average molecular weight is 284 g/mol. The lowest BCUT2D eigenvalue weighted by Gasteiger charge is -2.21. The number of hydrogen-bond donors (Lipinski definition) is 1. The first-order valence-corrected chi connectivity index (χ1v) is 8.15. The van der Waals surface area contributed by atoms with Gasteiger partial charge in [-0.1, -0.05) is 6.42 Å². The first-order valence-electron chi connectivity index (χ1n) is 6.66. The predicted molar refractivity (Wildman–Crippen MR) is 68.3 cm³/mol. The van der Waals surface area contributed by atoms with Crippen LogP contribution >= 0.6 is 0 Å². The Kier molecular flexibility index (Phi) is 3.30. The van der Waals surface area contributed by atoms with E-state index in [9.17, 15) is 12.8 Å². The molecule has 6 heteroatoms. The third-order valence-electron chi connectivity index (χ3n) is 4.40. The van der Waals surface area contributed by atoms with Gasteiger partial charge in [-0.15, -0.1) is 0 Å². The van der Waals surface area contributed by atoms with Crippen LogP contribution in [-0.4, -0.2) is 19.9 Å². The molecular formula is C13H17FN2O2S. The predicted octanol–water partition coefficient (Wildman–Crippen LogP) is 1.94. The van der Waals surface area contributed by atoms with Crippen LogP contribution in [-0.2, 0) is 10.0 Å². The zero-order valence-electron chi connectivity index (χ0n) is 10.5. The summed E-state index contributed by atoms with van der Waals surface area (Å²) in [4.78, 5) is 3.62. The van der Waals surface area contributed by atoms with E-state index >= 15 is 0 Å². The SMILES string of the molecule is O=S(=O)(NCC1CC2CCC1C2)c1ncccc1F. The topological polar surface area (TPSA) is 59.1 Å². The first kappa shape index (κ1) is 13.0. The van der Waals surface area contributed by atoms with Crippen molar-refractivity contribution >= 4 is 10.0 Å². The summed E-state index contributed by atoms with van der Waals surface area (Å²) in [6.07, 6.45) is 6.09. The second kappa shape index (κ2) is 4.83. The maximum absolute atomic E-state index is 13.5. The molecule has 2 saturated carbocycles. The third kappa shape index (κ3) is 2.51. The number of fused-ring (bicyclic) bond motifs is 2. The lowest BCUT2D eigenvalue weighted by atomic mass is 9.89. The summed E-state index contributed by atoms with van der Waals surface area (Å²) in [7, 11) is -3.83. The number of nitrogens with one attached hydrogen (secondary N) is 1. The van der Waals surface area contributed by atoms with Crippen molar-refractivity contribution in [3.63, 3.8) is 0 Å². The smallest absolute Gasteiger partial charge is 0.241 e. The Bertz CT molecular complexity index is 576. The molecule has 0 spiro atoms. The van der Waals surface area contributed by atoms with Crippen LogP contribution in [0.15, 0.2) is 23.4 Å². The number of aromatic nitrogens is 1. The zero-order chi connectivity index (χ0) is 13.5. The van der Waals surface area contributed by atoms with Crippen LogP contribution < -0.4 is 4.72 Å². The summed E-state index contributed by atoms with van der Waals surface area (Å²) in [5.74, 6) is 1.01. The summed E-state index contributed by atoms with van der Waals surface area (Å²) in [6.45, 7) is 0.402. The number of halogens is 1. The molecule has 0 saturated heterocycles. The molecule has 3 atom stereocenters. The molecule has 0 amide bonds. The van der Waals surface area contributed by atoms with E-state index in [0.717, 1.165) is 18.4 Å². The van der Waals surface area contributed by atoms with Crippen LogP contribution in [0.25, 0.3) is 0 Å². The zero-order valence-corrected chi connectivity index (χ0v) is 11.4. The normalized spacial score (nSPS) is 29.8. The van der Waals surface area contributed by atoms with Crippen LogP contribution in [0.1, 0.15) is 25.7 Å². The molecule has 1 aromatic rings. The number of nitrogens with zero attached hydrogens (tertiary/aromatic N) is 1. The molecule has 1 N–H and O–H groups in total. The van der Waals surface area contributed by atoms with Crippen molar-refractivity contribution in [3.05, 3.63) is 24.1 Å². The Morgan fingerprint density at radius 3 is 2.84 bits per heavy atom. The molecule has 4 nitrogen and oxygen atoms in total. The third-order valence-corrected chi connectivity index (χ3v) is 5.76. The second-order valence-corrected chi connectivity index (χ2v) is 7.26. The summed E-state index contributed by atoms with van der Waals surface area (Å²) in [5.41, 5.74) is 0. The molecule has 0 radical (unpaired) electrons. The quantitative estimate of drug-likeness (QED) is 0.919. The number of sulfonamides is 1.